The third kappa shape index (κ3) is 3.25. The molecule has 1 N–H and O–H groups in total. The molecule has 1 aromatic heterocycles. The Morgan fingerprint density at radius 3 is 2.21 bits per heavy atom. The van der Waals surface area contributed by atoms with E-state index in [2.05, 4.69) is 11.0 Å². The number of benzene rings is 2. The van der Waals surface area contributed by atoms with E-state index in [1.165, 1.54) is 0 Å². The molecule has 0 fully saturated rings. The third-order valence-corrected chi connectivity index (χ3v) is 2.96. The average molecular weight is 287 g/mol. The highest BCUT2D eigenvalue weighted by atomic mass is 35.5. The Balaban J connectivity index is 0.000000186. The van der Waals surface area contributed by atoms with Gasteiger partial charge >= 0.3 is 0 Å². The first-order valence-corrected chi connectivity index (χ1v) is 6.38. The predicted molar refractivity (Wildman–Crippen MR) is 82.8 cm³/mol. The summed E-state index contributed by atoms with van der Waals surface area (Å²) in [5, 5.41) is 0.660. The van der Waals surface area contributed by atoms with E-state index in [9.17, 15) is 0 Å². The van der Waals surface area contributed by atoms with Gasteiger partial charge in [-0.15, -0.1) is 0 Å². The molecule has 4 heteroatoms. The maximum absolute atomic E-state index is 5.81. The van der Waals surface area contributed by atoms with Crippen molar-refractivity contribution in [3.8, 4) is 12.5 Å². The van der Waals surface area contributed by atoms with E-state index in [1.807, 2.05) is 42.5 Å². The minimum atomic E-state index is 0.514. The topological polar surface area (TPSA) is 20.7 Å². The summed E-state index contributed by atoms with van der Waals surface area (Å²) in [5.41, 5.74) is 1.73. The molecule has 0 unspecified atom stereocenters. The van der Waals surface area contributed by atoms with Crippen LogP contribution in [0.25, 0.3) is 11.0 Å². The van der Waals surface area contributed by atoms with E-state index in [1.54, 1.807) is 16.7 Å². The van der Waals surface area contributed by atoms with Crippen molar-refractivity contribution in [3.63, 3.8) is 0 Å². The molecule has 0 aliphatic heterocycles. The van der Waals surface area contributed by atoms with Gasteiger partial charge in [0.25, 0.3) is 0 Å². The second kappa shape index (κ2) is 6.24. The molecule has 19 heavy (non-hydrogen) atoms. The smallest absolute Gasteiger partial charge is 0.190 e. The van der Waals surface area contributed by atoms with Crippen molar-refractivity contribution in [1.29, 1.82) is 0 Å². The number of H-pyrrole nitrogens is 1. The summed E-state index contributed by atoms with van der Waals surface area (Å²) in [6.07, 6.45) is 5.29. The number of hydrogen-bond acceptors (Lipinski definition) is 1. The molecule has 0 bridgehead atoms. The van der Waals surface area contributed by atoms with Gasteiger partial charge in [0.1, 0.15) is 0 Å². The Morgan fingerprint density at radius 2 is 1.68 bits per heavy atom. The molecule has 0 aliphatic carbocycles. The third-order valence-electron chi connectivity index (χ3n) is 2.44. The molecule has 0 radical (unpaired) electrons. The Bertz CT molecular complexity index is 739. The zero-order chi connectivity index (χ0) is 13.7. The quantitative estimate of drug-likeness (QED) is 0.477. The van der Waals surface area contributed by atoms with Crippen LogP contribution in [0.15, 0.2) is 54.6 Å². The van der Waals surface area contributed by atoms with Crippen LogP contribution in [0.5, 0.6) is 0 Å². The first-order chi connectivity index (χ1) is 9.22. The molecular formula is C15H11ClN2S. The van der Waals surface area contributed by atoms with E-state index in [0.717, 1.165) is 11.0 Å². The van der Waals surface area contributed by atoms with Crippen molar-refractivity contribution in [3.05, 3.63) is 64.4 Å². The summed E-state index contributed by atoms with van der Waals surface area (Å²) < 4.78 is 2.08. The van der Waals surface area contributed by atoms with Crippen molar-refractivity contribution in [2.45, 2.75) is 0 Å². The maximum atomic E-state index is 5.81. The number of imidazole rings is 1. The Labute approximate surface area is 121 Å². The van der Waals surface area contributed by atoms with Gasteiger partial charge in [0.05, 0.1) is 11.0 Å². The molecule has 1 heterocycles. The van der Waals surface area contributed by atoms with E-state index >= 15 is 0 Å². The molecule has 0 aliphatic rings. The van der Waals surface area contributed by atoms with E-state index in [-0.39, 0.29) is 0 Å². The standard InChI is InChI=1S/C9H5ClN2S.C6H6/c1-2-12-8-4-3-6(10)5-7(8)11-9(12)13;1-2-4-6-5-3-1/h1,3-5H,(H,11,13);1-6H. The fourth-order valence-corrected chi connectivity index (χ4v) is 2.03. The van der Waals surface area contributed by atoms with Gasteiger partial charge in [-0.05, 0) is 30.4 Å². The molecule has 0 atom stereocenters. The minimum absolute atomic E-state index is 0.514. The first-order valence-electron chi connectivity index (χ1n) is 5.59. The summed E-state index contributed by atoms with van der Waals surface area (Å²) in [5.74, 6) is 0. The van der Waals surface area contributed by atoms with Crippen LogP contribution in [0.4, 0.5) is 0 Å². The second-order valence-electron chi connectivity index (χ2n) is 3.71. The van der Waals surface area contributed by atoms with Crippen molar-refractivity contribution >= 4 is 34.9 Å². The van der Waals surface area contributed by atoms with Gasteiger partial charge in [-0.1, -0.05) is 54.4 Å². The Morgan fingerprint density at radius 1 is 1.11 bits per heavy atom. The first kappa shape index (κ1) is 13.4. The van der Waals surface area contributed by atoms with Crippen LogP contribution in [0.2, 0.25) is 5.02 Å². The van der Waals surface area contributed by atoms with Gasteiger partial charge in [0.15, 0.2) is 4.77 Å². The molecule has 2 aromatic carbocycles. The normalized spacial score (nSPS) is 9.47. The number of halogens is 1. The van der Waals surface area contributed by atoms with Crippen LogP contribution in [-0.4, -0.2) is 9.55 Å². The van der Waals surface area contributed by atoms with Crippen LogP contribution in [-0.2, 0) is 0 Å². The number of terminal acetylenes is 1. The number of aromatic amines is 1. The predicted octanol–water partition coefficient (Wildman–Crippen LogP) is 4.48. The van der Waals surface area contributed by atoms with Crippen molar-refractivity contribution in [2.24, 2.45) is 0 Å². The highest BCUT2D eigenvalue weighted by Gasteiger charge is 2.01. The molecule has 0 saturated carbocycles. The number of aromatic nitrogens is 2. The monoisotopic (exact) mass is 286 g/mol. The van der Waals surface area contributed by atoms with Crippen LogP contribution in [0, 0.1) is 17.2 Å². The summed E-state index contributed by atoms with van der Waals surface area (Å²) >= 11 is 10.8. The molecule has 2 nitrogen and oxygen atoms in total. The van der Waals surface area contributed by atoms with E-state index in [4.69, 9.17) is 30.2 Å². The van der Waals surface area contributed by atoms with Gasteiger partial charge in [-0.3, -0.25) is 0 Å². The van der Waals surface area contributed by atoms with Gasteiger partial charge < -0.3 is 4.98 Å². The number of nitrogens with one attached hydrogen (secondary N) is 1. The molecular weight excluding hydrogens is 276 g/mol. The Kier molecular flexibility index (Phi) is 4.40. The van der Waals surface area contributed by atoms with Crippen LogP contribution >= 0.6 is 23.8 Å². The number of hydrogen-bond donors (Lipinski definition) is 1. The van der Waals surface area contributed by atoms with Crippen LogP contribution < -0.4 is 0 Å². The van der Waals surface area contributed by atoms with Crippen LogP contribution in [0.3, 0.4) is 0 Å². The summed E-state index contributed by atoms with van der Waals surface area (Å²) in [7, 11) is 0. The van der Waals surface area contributed by atoms with Crippen molar-refractivity contribution in [2.75, 3.05) is 0 Å². The number of rotatable bonds is 0. The summed E-state index contributed by atoms with van der Waals surface area (Å²) in [6, 6.07) is 19.9. The highest BCUT2D eigenvalue weighted by molar-refractivity contribution is 7.71. The average Bonchev–Trinajstić information content (AvgIpc) is 2.75. The van der Waals surface area contributed by atoms with Gasteiger partial charge in [0, 0.05) is 11.1 Å². The second-order valence-corrected chi connectivity index (χ2v) is 4.53. The largest absolute Gasteiger partial charge is 0.330 e. The van der Waals surface area contributed by atoms with E-state index in [0.29, 0.717) is 9.79 Å². The molecule has 0 amide bonds. The molecule has 3 aromatic rings. The molecule has 0 saturated heterocycles. The maximum Gasteiger partial charge on any atom is 0.190 e. The van der Waals surface area contributed by atoms with Crippen molar-refractivity contribution in [1.82, 2.24) is 9.55 Å². The number of fused-ring (bicyclic) bond motifs is 1. The SMILES string of the molecule is C#Cn1c(=S)[nH]c2cc(Cl)ccc21.c1ccccc1. The lowest BCUT2D eigenvalue weighted by Crippen LogP contribution is -1.85. The van der Waals surface area contributed by atoms with Gasteiger partial charge in [-0.25, -0.2) is 4.57 Å². The van der Waals surface area contributed by atoms with E-state index < -0.39 is 0 Å². The zero-order valence-corrected chi connectivity index (χ0v) is 11.6. The van der Waals surface area contributed by atoms with Gasteiger partial charge in [-0.2, -0.15) is 0 Å². The minimum Gasteiger partial charge on any atom is -0.330 e. The zero-order valence-electron chi connectivity index (χ0n) is 10.0. The molecule has 0 spiro atoms. The lowest BCUT2D eigenvalue weighted by atomic mass is 10.3. The highest BCUT2D eigenvalue weighted by Crippen LogP contribution is 2.18. The van der Waals surface area contributed by atoms with Gasteiger partial charge in [0.2, 0.25) is 0 Å². The summed E-state index contributed by atoms with van der Waals surface area (Å²) in [4.78, 5) is 2.97. The number of nitrogens with zero attached hydrogens (tertiary/aromatic N) is 1. The lowest BCUT2D eigenvalue weighted by Gasteiger charge is -1.92. The molecule has 94 valence electrons. The van der Waals surface area contributed by atoms with Crippen molar-refractivity contribution < 1.29 is 0 Å². The molecule has 3 rings (SSSR count). The fourth-order valence-electron chi connectivity index (χ4n) is 1.60. The Hall–Kier alpha value is -2.02. The lowest BCUT2D eigenvalue weighted by molar-refractivity contribution is 1.12. The summed E-state index contributed by atoms with van der Waals surface area (Å²) in [6.45, 7) is 0. The fraction of sp³-hybridized carbons (Fsp3) is 0. The van der Waals surface area contributed by atoms with Crippen LogP contribution in [0.1, 0.15) is 0 Å².